The zero-order valence-corrected chi connectivity index (χ0v) is 13.8. The van der Waals surface area contributed by atoms with Gasteiger partial charge in [-0.3, -0.25) is 4.40 Å². The Morgan fingerprint density at radius 3 is 2.80 bits per heavy atom. The van der Waals surface area contributed by atoms with Crippen molar-refractivity contribution in [2.24, 2.45) is 5.92 Å². The molecule has 0 radical (unpaired) electrons. The van der Waals surface area contributed by atoms with Gasteiger partial charge >= 0.3 is 0 Å². The highest BCUT2D eigenvalue weighted by Gasteiger charge is 2.30. The molecule has 20 heavy (non-hydrogen) atoms. The van der Waals surface area contributed by atoms with Crippen molar-refractivity contribution in [3.05, 3.63) is 11.6 Å². The third kappa shape index (κ3) is 2.68. The van der Waals surface area contributed by atoms with E-state index < -0.39 is 10.0 Å². The van der Waals surface area contributed by atoms with Gasteiger partial charge in [0.05, 0.1) is 0 Å². The number of nitrogens with zero attached hydrogens (tertiary/aromatic N) is 3. The highest BCUT2D eigenvalue weighted by molar-refractivity contribution is 7.89. The lowest BCUT2D eigenvalue weighted by Gasteiger charge is -2.19. The number of nitrogens with one attached hydrogen (secondary N) is 1. The first-order valence-electron chi connectivity index (χ1n) is 6.53. The molecule has 0 aliphatic carbocycles. The molecule has 0 saturated carbocycles. The van der Waals surface area contributed by atoms with Crippen LogP contribution in [0.25, 0.3) is 4.96 Å². The zero-order chi connectivity index (χ0) is 14.9. The van der Waals surface area contributed by atoms with Crippen LogP contribution >= 0.6 is 11.3 Å². The normalized spacial score (nSPS) is 12.7. The minimum absolute atomic E-state index is 0.221. The number of sulfonamides is 1. The van der Waals surface area contributed by atoms with E-state index in [2.05, 4.69) is 10.3 Å². The summed E-state index contributed by atoms with van der Waals surface area (Å²) in [6, 6.07) is 0. The third-order valence-electron chi connectivity index (χ3n) is 2.84. The lowest BCUT2D eigenvalue weighted by atomic mass is 10.2. The van der Waals surface area contributed by atoms with Gasteiger partial charge in [0.15, 0.2) is 15.8 Å². The Labute approximate surface area is 123 Å². The van der Waals surface area contributed by atoms with Gasteiger partial charge in [-0.1, -0.05) is 13.8 Å². The van der Waals surface area contributed by atoms with Crippen LogP contribution < -0.4 is 5.32 Å². The molecule has 0 amide bonds. The molecule has 2 rings (SSSR count). The van der Waals surface area contributed by atoms with Crippen LogP contribution in [-0.4, -0.2) is 42.2 Å². The molecule has 2 heterocycles. The van der Waals surface area contributed by atoms with E-state index in [4.69, 9.17) is 0 Å². The lowest BCUT2D eigenvalue weighted by molar-refractivity contribution is 0.415. The number of hydrogen-bond acceptors (Lipinski definition) is 5. The summed E-state index contributed by atoms with van der Waals surface area (Å²) < 4.78 is 28.6. The van der Waals surface area contributed by atoms with Gasteiger partial charge in [-0.25, -0.2) is 13.4 Å². The molecule has 0 saturated heterocycles. The number of fused-ring (bicyclic) bond motifs is 1. The molecule has 0 unspecified atom stereocenters. The SMILES string of the molecule is CCNc1nc2sccn2c1S(=O)(=O)N(C)CC(C)C. The second-order valence-corrected chi connectivity index (χ2v) is 7.86. The van der Waals surface area contributed by atoms with Crippen molar-refractivity contribution in [2.45, 2.75) is 25.8 Å². The molecule has 6 nitrogen and oxygen atoms in total. The molecule has 8 heteroatoms. The number of thiazole rings is 1. The van der Waals surface area contributed by atoms with E-state index in [0.29, 0.717) is 23.9 Å². The molecule has 0 aliphatic heterocycles. The van der Waals surface area contributed by atoms with Gasteiger partial charge in [0, 0.05) is 31.7 Å². The summed E-state index contributed by atoms with van der Waals surface area (Å²) in [5, 5.41) is 5.09. The second kappa shape index (κ2) is 5.71. The summed E-state index contributed by atoms with van der Waals surface area (Å²) >= 11 is 1.42. The Morgan fingerprint density at radius 2 is 2.20 bits per heavy atom. The maximum Gasteiger partial charge on any atom is 0.262 e. The smallest absolute Gasteiger partial charge is 0.262 e. The van der Waals surface area contributed by atoms with E-state index in [0.717, 1.165) is 0 Å². The van der Waals surface area contributed by atoms with Crippen molar-refractivity contribution in [3.63, 3.8) is 0 Å². The first kappa shape index (κ1) is 15.3. The second-order valence-electron chi connectivity index (χ2n) is 5.03. The van der Waals surface area contributed by atoms with E-state index in [9.17, 15) is 8.42 Å². The summed E-state index contributed by atoms with van der Waals surface area (Å²) in [5.74, 6) is 0.693. The van der Waals surface area contributed by atoms with E-state index in [1.165, 1.54) is 15.6 Å². The molecule has 0 bridgehead atoms. The quantitative estimate of drug-likeness (QED) is 0.886. The Balaban J connectivity index is 2.54. The molecule has 1 N–H and O–H groups in total. The zero-order valence-electron chi connectivity index (χ0n) is 12.1. The molecule has 0 aromatic carbocycles. The fourth-order valence-electron chi connectivity index (χ4n) is 2.05. The molecule has 0 spiro atoms. The molecule has 2 aromatic rings. The van der Waals surface area contributed by atoms with Gasteiger partial charge in [0.1, 0.15) is 0 Å². The molecular formula is C12H20N4O2S2. The van der Waals surface area contributed by atoms with Crippen molar-refractivity contribution in [2.75, 3.05) is 25.5 Å². The lowest BCUT2D eigenvalue weighted by Crippen LogP contribution is -2.31. The van der Waals surface area contributed by atoms with Gasteiger partial charge in [-0.2, -0.15) is 4.31 Å². The summed E-state index contributed by atoms with van der Waals surface area (Å²) in [6.45, 7) is 7.01. The Morgan fingerprint density at radius 1 is 1.50 bits per heavy atom. The van der Waals surface area contributed by atoms with E-state index >= 15 is 0 Å². The first-order valence-corrected chi connectivity index (χ1v) is 8.85. The maximum atomic E-state index is 12.8. The topological polar surface area (TPSA) is 66.7 Å². The van der Waals surface area contributed by atoms with Crippen LogP contribution in [-0.2, 0) is 10.0 Å². The molecular weight excluding hydrogens is 296 g/mol. The van der Waals surface area contributed by atoms with Gasteiger partial charge in [-0.15, -0.1) is 11.3 Å². The predicted octanol–water partition coefficient (Wildman–Crippen LogP) is 2.10. The van der Waals surface area contributed by atoms with Crippen molar-refractivity contribution < 1.29 is 8.42 Å². The number of anilines is 1. The van der Waals surface area contributed by atoms with Crippen LogP contribution in [0.4, 0.5) is 5.82 Å². The summed E-state index contributed by atoms with van der Waals surface area (Å²) in [7, 11) is -1.95. The summed E-state index contributed by atoms with van der Waals surface area (Å²) in [5.41, 5.74) is 0. The monoisotopic (exact) mass is 316 g/mol. The average Bonchev–Trinajstić information content (AvgIpc) is 2.87. The van der Waals surface area contributed by atoms with Gasteiger partial charge < -0.3 is 5.32 Å². The van der Waals surface area contributed by atoms with E-state index in [-0.39, 0.29) is 10.9 Å². The van der Waals surface area contributed by atoms with Crippen LogP contribution in [0.5, 0.6) is 0 Å². The largest absolute Gasteiger partial charge is 0.368 e. The van der Waals surface area contributed by atoms with Gasteiger partial charge in [0.2, 0.25) is 0 Å². The predicted molar refractivity (Wildman–Crippen MR) is 81.9 cm³/mol. The number of imidazole rings is 1. The Kier molecular flexibility index (Phi) is 4.36. The van der Waals surface area contributed by atoms with Crippen LogP contribution in [0.1, 0.15) is 20.8 Å². The number of hydrogen-bond donors (Lipinski definition) is 1. The average molecular weight is 316 g/mol. The minimum atomic E-state index is -3.56. The highest BCUT2D eigenvalue weighted by atomic mass is 32.2. The van der Waals surface area contributed by atoms with Crippen LogP contribution in [0.15, 0.2) is 16.6 Å². The van der Waals surface area contributed by atoms with Crippen LogP contribution in [0, 0.1) is 5.92 Å². The number of aromatic nitrogens is 2. The summed E-state index contributed by atoms with van der Waals surface area (Å²) in [6.07, 6.45) is 1.74. The molecule has 0 aliphatic rings. The van der Waals surface area contributed by atoms with Gasteiger partial charge in [-0.05, 0) is 12.8 Å². The van der Waals surface area contributed by atoms with E-state index in [1.807, 2.05) is 26.2 Å². The molecule has 112 valence electrons. The minimum Gasteiger partial charge on any atom is -0.368 e. The first-order chi connectivity index (χ1) is 9.37. The fraction of sp³-hybridized carbons (Fsp3) is 0.583. The summed E-state index contributed by atoms with van der Waals surface area (Å²) in [4.78, 5) is 5.03. The van der Waals surface area contributed by atoms with Crippen LogP contribution in [0.3, 0.4) is 0 Å². The number of rotatable bonds is 6. The highest BCUT2D eigenvalue weighted by Crippen LogP contribution is 2.28. The van der Waals surface area contributed by atoms with Crippen molar-refractivity contribution >= 4 is 32.1 Å². The van der Waals surface area contributed by atoms with Crippen molar-refractivity contribution in [1.82, 2.24) is 13.7 Å². The molecule has 0 atom stereocenters. The van der Waals surface area contributed by atoms with Gasteiger partial charge in [0.25, 0.3) is 10.0 Å². The van der Waals surface area contributed by atoms with Crippen LogP contribution in [0.2, 0.25) is 0 Å². The third-order valence-corrected chi connectivity index (χ3v) is 5.44. The van der Waals surface area contributed by atoms with E-state index in [1.54, 1.807) is 17.6 Å². The van der Waals surface area contributed by atoms with Crippen molar-refractivity contribution in [1.29, 1.82) is 0 Å². The Bertz CT molecular complexity index is 687. The fourth-order valence-corrected chi connectivity index (χ4v) is 4.37. The molecule has 2 aromatic heterocycles. The molecule has 0 fully saturated rings. The Hall–Kier alpha value is -1.12. The maximum absolute atomic E-state index is 12.8. The standard InChI is InChI=1S/C12H20N4O2S2/c1-5-13-10-11(16-6-7-19-12(16)14-10)20(17,18)15(4)8-9(2)3/h6-7,9,13H,5,8H2,1-4H3. The van der Waals surface area contributed by atoms with Crippen molar-refractivity contribution in [3.8, 4) is 0 Å².